The summed E-state index contributed by atoms with van der Waals surface area (Å²) < 4.78 is 17.8. The van der Waals surface area contributed by atoms with E-state index in [0.29, 0.717) is 35.0 Å². The molecule has 0 aliphatic rings. The predicted octanol–water partition coefficient (Wildman–Crippen LogP) is 8.96. The van der Waals surface area contributed by atoms with Crippen LogP contribution in [0.15, 0.2) is 36.4 Å². The Kier molecular flexibility index (Phi) is 13.0. The van der Waals surface area contributed by atoms with Crippen LogP contribution >= 0.6 is 0 Å². The summed E-state index contributed by atoms with van der Waals surface area (Å²) in [5.74, 6) is 0.585. The Morgan fingerprint density at radius 2 is 1.24 bits per heavy atom. The van der Waals surface area contributed by atoms with E-state index in [0.717, 1.165) is 56.1 Å². The maximum absolute atomic E-state index is 13.3. The molecule has 6 nitrogen and oxygen atoms in total. The highest BCUT2D eigenvalue weighted by molar-refractivity contribution is 6.07. The number of unbranched alkanes of at least 4 members (excludes halogenated alkanes) is 2. The summed E-state index contributed by atoms with van der Waals surface area (Å²) in [5, 5.41) is 0. The Hall–Kier alpha value is -3.41. The normalized spacial score (nSPS) is 11.9. The van der Waals surface area contributed by atoms with Crippen LogP contribution in [0.2, 0.25) is 0 Å². The standard InChI is InChI=1S/C36H50O6/c1-10-13-15-26-24-27(16-14-11-2)32(42-34(39)36(7,8)9)29(31(26)40-23-12-3)21-22-30(37)25-17-19-28(20-18-25)41-33(38)35(4,5)6/h17-22,24H,10-16,23H2,1-9H3/b22-21+. The summed E-state index contributed by atoms with van der Waals surface area (Å²) in [7, 11) is 0. The molecule has 230 valence electrons. The van der Waals surface area contributed by atoms with Gasteiger partial charge in [0.05, 0.1) is 23.0 Å². The van der Waals surface area contributed by atoms with Crippen LogP contribution in [0.25, 0.3) is 6.08 Å². The lowest BCUT2D eigenvalue weighted by Crippen LogP contribution is -2.26. The van der Waals surface area contributed by atoms with Gasteiger partial charge in [-0.05, 0) is 127 Å². The Bertz CT molecular complexity index is 1240. The summed E-state index contributed by atoms with van der Waals surface area (Å²) >= 11 is 0. The topological polar surface area (TPSA) is 78.9 Å². The van der Waals surface area contributed by atoms with Gasteiger partial charge >= 0.3 is 11.9 Å². The number of carbonyl (C=O) groups excluding carboxylic acids is 3. The SMILES string of the molecule is CCCCc1cc(CCCC)c(OC(=O)C(C)(C)C)c(/C=C/C(=O)c2ccc(OC(=O)C(C)(C)C)cc2)c1OCCC. The van der Waals surface area contributed by atoms with Gasteiger partial charge in [-0.1, -0.05) is 33.6 Å². The molecule has 0 radical (unpaired) electrons. The number of ketones is 1. The summed E-state index contributed by atoms with van der Waals surface area (Å²) in [5.41, 5.74) is 1.72. The lowest BCUT2D eigenvalue weighted by Gasteiger charge is -2.23. The second kappa shape index (κ2) is 15.7. The maximum atomic E-state index is 13.3. The fraction of sp³-hybridized carbons (Fsp3) is 0.528. The molecule has 0 saturated heterocycles. The van der Waals surface area contributed by atoms with E-state index in [1.807, 2.05) is 27.7 Å². The molecule has 0 saturated carbocycles. The Morgan fingerprint density at radius 3 is 1.74 bits per heavy atom. The minimum atomic E-state index is -0.706. The van der Waals surface area contributed by atoms with E-state index < -0.39 is 10.8 Å². The van der Waals surface area contributed by atoms with Gasteiger partial charge in [-0.2, -0.15) is 0 Å². The number of ether oxygens (including phenoxy) is 3. The molecule has 0 atom stereocenters. The zero-order chi connectivity index (χ0) is 31.5. The number of aryl methyl sites for hydroxylation is 2. The average molecular weight is 579 g/mol. The lowest BCUT2D eigenvalue weighted by molar-refractivity contribution is -0.143. The highest BCUT2D eigenvalue weighted by Crippen LogP contribution is 2.40. The number of carbonyl (C=O) groups is 3. The first-order chi connectivity index (χ1) is 19.7. The molecule has 0 fully saturated rings. The Morgan fingerprint density at radius 1 is 0.714 bits per heavy atom. The summed E-state index contributed by atoms with van der Waals surface area (Å²) in [4.78, 5) is 38.7. The smallest absolute Gasteiger partial charge is 0.316 e. The predicted molar refractivity (Wildman–Crippen MR) is 169 cm³/mol. The van der Waals surface area contributed by atoms with Crippen molar-refractivity contribution in [3.05, 3.63) is 58.7 Å². The summed E-state index contributed by atoms with van der Waals surface area (Å²) in [6, 6.07) is 8.63. The molecule has 0 spiro atoms. The molecular formula is C36H50O6. The van der Waals surface area contributed by atoms with Crippen molar-refractivity contribution in [1.82, 2.24) is 0 Å². The number of hydrogen-bond donors (Lipinski definition) is 0. The first-order valence-corrected chi connectivity index (χ1v) is 15.3. The fourth-order valence-corrected chi connectivity index (χ4v) is 3.99. The number of esters is 2. The van der Waals surface area contributed by atoms with Gasteiger partial charge in [0.25, 0.3) is 0 Å². The molecule has 0 aromatic heterocycles. The van der Waals surface area contributed by atoms with Gasteiger partial charge in [0, 0.05) is 5.56 Å². The number of hydrogen-bond acceptors (Lipinski definition) is 6. The first kappa shape index (κ1) is 34.8. The van der Waals surface area contributed by atoms with Gasteiger partial charge in [0.15, 0.2) is 5.78 Å². The van der Waals surface area contributed by atoms with Gasteiger partial charge in [-0.3, -0.25) is 14.4 Å². The van der Waals surface area contributed by atoms with Crippen molar-refractivity contribution in [3.8, 4) is 17.2 Å². The van der Waals surface area contributed by atoms with Crippen molar-refractivity contribution >= 4 is 23.8 Å². The molecule has 0 bridgehead atoms. The summed E-state index contributed by atoms with van der Waals surface area (Å²) in [6.07, 6.45) is 9.56. The second-order valence-electron chi connectivity index (χ2n) is 12.8. The largest absolute Gasteiger partial charge is 0.493 e. The van der Waals surface area contributed by atoms with Crippen molar-refractivity contribution in [3.63, 3.8) is 0 Å². The van der Waals surface area contributed by atoms with Crippen LogP contribution < -0.4 is 14.2 Å². The molecule has 42 heavy (non-hydrogen) atoms. The first-order valence-electron chi connectivity index (χ1n) is 15.3. The third-order valence-electron chi connectivity index (χ3n) is 6.64. The number of benzene rings is 2. The maximum Gasteiger partial charge on any atom is 0.316 e. The van der Waals surface area contributed by atoms with Crippen LogP contribution in [0.5, 0.6) is 17.2 Å². The van der Waals surface area contributed by atoms with Crippen molar-refractivity contribution in [1.29, 1.82) is 0 Å². The average Bonchev–Trinajstić information content (AvgIpc) is 2.92. The van der Waals surface area contributed by atoms with Gasteiger partial charge in [-0.15, -0.1) is 0 Å². The Balaban J connectivity index is 2.61. The molecule has 2 aromatic carbocycles. The summed E-state index contributed by atoms with van der Waals surface area (Å²) in [6.45, 7) is 17.7. The van der Waals surface area contributed by atoms with Crippen molar-refractivity contribution in [2.75, 3.05) is 6.61 Å². The molecule has 0 unspecified atom stereocenters. The molecule has 0 amide bonds. The highest BCUT2D eigenvalue weighted by atomic mass is 16.5. The quantitative estimate of drug-likeness (QED) is 0.0963. The number of allylic oxidation sites excluding steroid dienone is 1. The van der Waals surface area contributed by atoms with Crippen LogP contribution in [0.1, 0.15) is 121 Å². The molecule has 0 heterocycles. The zero-order valence-electron chi connectivity index (χ0n) is 27.1. The fourth-order valence-electron chi connectivity index (χ4n) is 3.99. The third-order valence-corrected chi connectivity index (χ3v) is 6.64. The van der Waals surface area contributed by atoms with Crippen LogP contribution in [-0.2, 0) is 22.4 Å². The van der Waals surface area contributed by atoms with Gasteiger partial charge in [-0.25, -0.2) is 0 Å². The van der Waals surface area contributed by atoms with Crippen LogP contribution in [0.3, 0.4) is 0 Å². The molecule has 0 aliphatic carbocycles. The van der Waals surface area contributed by atoms with E-state index in [-0.39, 0.29) is 17.7 Å². The lowest BCUT2D eigenvalue weighted by atomic mass is 9.94. The van der Waals surface area contributed by atoms with E-state index in [4.69, 9.17) is 14.2 Å². The Labute approximate surface area is 252 Å². The van der Waals surface area contributed by atoms with Gasteiger partial charge in [0.1, 0.15) is 17.2 Å². The van der Waals surface area contributed by atoms with E-state index >= 15 is 0 Å². The number of rotatable bonds is 14. The molecule has 0 N–H and O–H groups in total. The van der Waals surface area contributed by atoms with Crippen molar-refractivity contribution in [2.24, 2.45) is 10.8 Å². The van der Waals surface area contributed by atoms with Gasteiger partial charge < -0.3 is 14.2 Å². The minimum absolute atomic E-state index is 0.229. The van der Waals surface area contributed by atoms with Crippen LogP contribution in [0.4, 0.5) is 0 Å². The highest BCUT2D eigenvalue weighted by Gasteiger charge is 2.28. The van der Waals surface area contributed by atoms with E-state index in [9.17, 15) is 14.4 Å². The van der Waals surface area contributed by atoms with E-state index in [1.165, 1.54) is 6.08 Å². The molecular weight excluding hydrogens is 528 g/mol. The van der Waals surface area contributed by atoms with Crippen LogP contribution in [0, 0.1) is 10.8 Å². The molecule has 2 aromatic rings. The molecule has 0 aliphatic heterocycles. The van der Waals surface area contributed by atoms with Gasteiger partial charge in [0.2, 0.25) is 0 Å². The zero-order valence-corrected chi connectivity index (χ0v) is 27.1. The van der Waals surface area contributed by atoms with E-state index in [1.54, 1.807) is 51.1 Å². The molecule has 6 heteroatoms. The second-order valence-corrected chi connectivity index (χ2v) is 12.8. The third kappa shape index (κ3) is 10.1. The van der Waals surface area contributed by atoms with Crippen molar-refractivity contribution in [2.45, 2.75) is 107 Å². The van der Waals surface area contributed by atoms with E-state index in [2.05, 4.69) is 19.9 Å². The molecule has 2 rings (SSSR count). The van der Waals surface area contributed by atoms with Crippen LogP contribution in [-0.4, -0.2) is 24.3 Å². The minimum Gasteiger partial charge on any atom is -0.493 e. The monoisotopic (exact) mass is 578 g/mol. The van der Waals surface area contributed by atoms with Crippen molar-refractivity contribution < 1.29 is 28.6 Å².